The molecule has 0 aromatic carbocycles. The highest BCUT2D eigenvalue weighted by Crippen LogP contribution is 2.17. The first-order valence-electron chi connectivity index (χ1n) is 6.31. The van der Waals surface area contributed by atoms with E-state index in [0.29, 0.717) is 19.8 Å². The maximum Gasteiger partial charge on any atom is 0.229 e. The predicted molar refractivity (Wildman–Crippen MR) is 67.0 cm³/mol. The number of likely N-dealkylation sites (N-methyl/N-ethyl adjacent to an activating group) is 1. The third-order valence-corrected chi connectivity index (χ3v) is 3.21. The second-order valence-corrected chi connectivity index (χ2v) is 4.58. The maximum atomic E-state index is 12.3. The van der Waals surface area contributed by atoms with E-state index in [1.54, 1.807) is 18.2 Å². The molecule has 5 heteroatoms. The number of furan rings is 1. The number of rotatable bonds is 5. The molecule has 0 bridgehead atoms. The monoisotopic (exact) mass is 252 g/mol. The Bertz CT molecular complexity index is 378. The quantitative estimate of drug-likeness (QED) is 0.844. The van der Waals surface area contributed by atoms with E-state index < -0.39 is 0 Å². The molecule has 5 nitrogen and oxygen atoms in total. The summed E-state index contributed by atoms with van der Waals surface area (Å²) in [6.45, 7) is 4.49. The van der Waals surface area contributed by atoms with E-state index in [0.717, 1.165) is 12.3 Å². The van der Waals surface area contributed by atoms with Gasteiger partial charge in [-0.05, 0) is 18.7 Å². The van der Waals surface area contributed by atoms with Gasteiger partial charge in [0, 0.05) is 13.1 Å². The highest BCUT2D eigenvalue weighted by molar-refractivity contribution is 5.79. The first kappa shape index (κ1) is 13.1. The van der Waals surface area contributed by atoms with Crippen molar-refractivity contribution in [3.63, 3.8) is 0 Å². The van der Waals surface area contributed by atoms with Crippen molar-refractivity contribution in [2.24, 2.45) is 5.92 Å². The molecule has 2 rings (SSSR count). The fourth-order valence-electron chi connectivity index (χ4n) is 2.26. The van der Waals surface area contributed by atoms with Crippen molar-refractivity contribution in [1.82, 2.24) is 10.2 Å². The van der Waals surface area contributed by atoms with Crippen LogP contribution in [0.3, 0.4) is 0 Å². The fraction of sp³-hybridized carbons (Fsp3) is 0.615. The minimum atomic E-state index is -0.0927. The van der Waals surface area contributed by atoms with E-state index in [-0.39, 0.29) is 17.9 Å². The molecule has 1 N–H and O–H groups in total. The zero-order chi connectivity index (χ0) is 13.0. The molecular weight excluding hydrogens is 232 g/mol. The number of hydrogen-bond donors (Lipinski definition) is 1. The standard InChI is InChI=1S/C13H20N2O3/c1-3-14-12-9-17-8-11(12)13(16)15(2)7-10-5-4-6-18-10/h4-6,11-12,14H,3,7-9H2,1-2H3. The first-order valence-corrected chi connectivity index (χ1v) is 6.31. The Labute approximate surface area is 107 Å². The number of nitrogens with zero attached hydrogens (tertiary/aromatic N) is 1. The largest absolute Gasteiger partial charge is 0.467 e. The number of hydrogen-bond acceptors (Lipinski definition) is 4. The number of ether oxygens (including phenoxy) is 1. The van der Waals surface area contributed by atoms with Crippen LogP contribution < -0.4 is 5.32 Å². The molecule has 2 atom stereocenters. The molecule has 0 spiro atoms. The number of nitrogens with one attached hydrogen (secondary N) is 1. The van der Waals surface area contributed by atoms with Crippen LogP contribution in [-0.4, -0.2) is 43.7 Å². The SMILES string of the molecule is CCNC1COCC1C(=O)N(C)Cc1ccco1. The Morgan fingerprint density at radius 2 is 2.39 bits per heavy atom. The predicted octanol–water partition coefficient (Wildman–Crippen LogP) is 0.863. The van der Waals surface area contributed by atoms with E-state index in [2.05, 4.69) is 5.32 Å². The van der Waals surface area contributed by atoms with Crippen LogP contribution in [0.2, 0.25) is 0 Å². The number of carbonyl (C=O) groups excluding carboxylic acids is 1. The summed E-state index contributed by atoms with van der Waals surface area (Å²) in [5.74, 6) is 0.810. The highest BCUT2D eigenvalue weighted by atomic mass is 16.5. The van der Waals surface area contributed by atoms with Gasteiger partial charge in [0.15, 0.2) is 0 Å². The molecular formula is C13H20N2O3. The molecule has 0 saturated carbocycles. The van der Waals surface area contributed by atoms with E-state index in [1.165, 1.54) is 0 Å². The summed E-state index contributed by atoms with van der Waals surface area (Å²) < 4.78 is 10.6. The smallest absolute Gasteiger partial charge is 0.229 e. The van der Waals surface area contributed by atoms with Gasteiger partial charge in [0.05, 0.1) is 31.9 Å². The molecule has 0 radical (unpaired) electrons. The Hall–Kier alpha value is -1.33. The number of amides is 1. The van der Waals surface area contributed by atoms with Crippen molar-refractivity contribution in [3.05, 3.63) is 24.2 Å². The molecule has 1 aromatic heterocycles. The van der Waals surface area contributed by atoms with Gasteiger partial charge in [-0.3, -0.25) is 4.79 Å². The minimum absolute atomic E-state index is 0.0927. The lowest BCUT2D eigenvalue weighted by Crippen LogP contribution is -2.44. The summed E-state index contributed by atoms with van der Waals surface area (Å²) in [5.41, 5.74) is 0. The molecule has 0 aliphatic carbocycles. The summed E-state index contributed by atoms with van der Waals surface area (Å²) in [6, 6.07) is 3.83. The summed E-state index contributed by atoms with van der Waals surface area (Å²) in [4.78, 5) is 14.0. The highest BCUT2D eigenvalue weighted by Gasteiger charge is 2.35. The van der Waals surface area contributed by atoms with E-state index in [1.807, 2.05) is 19.1 Å². The van der Waals surface area contributed by atoms with E-state index in [4.69, 9.17) is 9.15 Å². The van der Waals surface area contributed by atoms with Gasteiger partial charge in [-0.2, -0.15) is 0 Å². The van der Waals surface area contributed by atoms with Gasteiger partial charge >= 0.3 is 0 Å². The third-order valence-electron chi connectivity index (χ3n) is 3.21. The zero-order valence-electron chi connectivity index (χ0n) is 10.9. The van der Waals surface area contributed by atoms with Crippen LogP contribution in [0.15, 0.2) is 22.8 Å². The molecule has 2 unspecified atom stereocenters. The van der Waals surface area contributed by atoms with Crippen molar-refractivity contribution in [3.8, 4) is 0 Å². The van der Waals surface area contributed by atoms with E-state index in [9.17, 15) is 4.79 Å². The Morgan fingerprint density at radius 3 is 3.06 bits per heavy atom. The van der Waals surface area contributed by atoms with Crippen LogP contribution in [0.5, 0.6) is 0 Å². The normalized spacial score (nSPS) is 23.2. The van der Waals surface area contributed by atoms with Crippen molar-refractivity contribution in [2.75, 3.05) is 26.8 Å². The Morgan fingerprint density at radius 1 is 1.56 bits per heavy atom. The lowest BCUT2D eigenvalue weighted by Gasteiger charge is -2.23. The van der Waals surface area contributed by atoms with E-state index >= 15 is 0 Å². The first-order chi connectivity index (χ1) is 8.72. The lowest BCUT2D eigenvalue weighted by molar-refractivity contribution is -0.135. The van der Waals surface area contributed by atoms with Crippen molar-refractivity contribution >= 4 is 5.91 Å². The summed E-state index contributed by atoms with van der Waals surface area (Å²) in [7, 11) is 1.80. The van der Waals surface area contributed by atoms with Crippen LogP contribution >= 0.6 is 0 Å². The second kappa shape index (κ2) is 6.02. The molecule has 1 saturated heterocycles. The van der Waals surface area contributed by atoms with Gasteiger partial charge in [-0.1, -0.05) is 6.92 Å². The minimum Gasteiger partial charge on any atom is -0.467 e. The Balaban J connectivity index is 1.93. The zero-order valence-corrected chi connectivity index (χ0v) is 10.9. The molecule has 1 aliphatic heterocycles. The molecule has 1 fully saturated rings. The van der Waals surface area contributed by atoms with Gasteiger partial charge in [-0.15, -0.1) is 0 Å². The van der Waals surface area contributed by atoms with Gasteiger partial charge in [-0.25, -0.2) is 0 Å². The summed E-state index contributed by atoms with van der Waals surface area (Å²) in [6.07, 6.45) is 1.62. The summed E-state index contributed by atoms with van der Waals surface area (Å²) >= 11 is 0. The van der Waals surface area contributed by atoms with Crippen LogP contribution in [-0.2, 0) is 16.1 Å². The fourth-order valence-corrected chi connectivity index (χ4v) is 2.26. The Kier molecular flexibility index (Phi) is 4.38. The van der Waals surface area contributed by atoms with Gasteiger partial charge in [0.2, 0.25) is 5.91 Å². The molecule has 2 heterocycles. The average Bonchev–Trinajstić information content (AvgIpc) is 3.00. The molecule has 1 aromatic rings. The lowest BCUT2D eigenvalue weighted by atomic mass is 10.0. The van der Waals surface area contributed by atoms with Gasteiger partial charge in [0.25, 0.3) is 0 Å². The maximum absolute atomic E-state index is 12.3. The third kappa shape index (κ3) is 2.91. The van der Waals surface area contributed by atoms with Crippen LogP contribution in [0, 0.1) is 5.92 Å². The molecule has 1 amide bonds. The second-order valence-electron chi connectivity index (χ2n) is 4.58. The van der Waals surface area contributed by atoms with Crippen LogP contribution in [0.4, 0.5) is 0 Å². The average molecular weight is 252 g/mol. The topological polar surface area (TPSA) is 54.7 Å². The molecule has 100 valence electrons. The van der Waals surface area contributed by atoms with Crippen LogP contribution in [0.1, 0.15) is 12.7 Å². The van der Waals surface area contributed by atoms with Gasteiger partial charge in [0.1, 0.15) is 5.76 Å². The van der Waals surface area contributed by atoms with Crippen LogP contribution in [0.25, 0.3) is 0 Å². The van der Waals surface area contributed by atoms with Crippen molar-refractivity contribution in [1.29, 1.82) is 0 Å². The van der Waals surface area contributed by atoms with Gasteiger partial charge < -0.3 is 19.4 Å². The van der Waals surface area contributed by atoms with Crippen molar-refractivity contribution in [2.45, 2.75) is 19.5 Å². The molecule has 18 heavy (non-hydrogen) atoms. The number of carbonyl (C=O) groups is 1. The van der Waals surface area contributed by atoms with Crippen molar-refractivity contribution < 1.29 is 13.9 Å². The molecule has 1 aliphatic rings. The summed E-state index contributed by atoms with van der Waals surface area (Å²) in [5, 5.41) is 3.29.